The van der Waals surface area contributed by atoms with Gasteiger partial charge in [-0.3, -0.25) is 0 Å². The van der Waals surface area contributed by atoms with Crippen molar-refractivity contribution in [3.63, 3.8) is 0 Å². The lowest BCUT2D eigenvalue weighted by Gasteiger charge is -2.09. The van der Waals surface area contributed by atoms with Gasteiger partial charge < -0.3 is 11.1 Å². The number of halogens is 1. The van der Waals surface area contributed by atoms with Crippen LogP contribution in [0.2, 0.25) is 5.02 Å². The summed E-state index contributed by atoms with van der Waals surface area (Å²) in [6.45, 7) is 0. The van der Waals surface area contributed by atoms with E-state index in [4.69, 9.17) is 22.6 Å². The van der Waals surface area contributed by atoms with Crippen LogP contribution in [-0.2, 0) is 0 Å². The lowest BCUT2D eigenvalue weighted by molar-refractivity contribution is 1.41. The van der Waals surface area contributed by atoms with E-state index in [0.717, 1.165) is 22.6 Å². The number of aromatic nitrogens is 1. The van der Waals surface area contributed by atoms with Crippen molar-refractivity contribution in [2.45, 2.75) is 0 Å². The molecule has 0 spiro atoms. The molecule has 1 aromatic heterocycles. The number of hydrogen-bond donors (Lipinski definition) is 2. The first kappa shape index (κ1) is 14.4. The number of nitrogens with zero attached hydrogens (tertiary/aromatic N) is 2. The molecule has 0 saturated carbocycles. The van der Waals surface area contributed by atoms with Crippen molar-refractivity contribution in [2.75, 3.05) is 11.1 Å². The van der Waals surface area contributed by atoms with Gasteiger partial charge in [0.2, 0.25) is 0 Å². The zero-order valence-electron chi connectivity index (χ0n) is 11.4. The molecule has 0 atom stereocenters. The fraction of sp³-hybridized carbons (Fsp3) is 0. The molecule has 3 aromatic rings. The summed E-state index contributed by atoms with van der Waals surface area (Å²) in [7, 11) is 0. The van der Waals surface area contributed by atoms with E-state index in [9.17, 15) is 0 Å². The average Bonchev–Trinajstić information content (AvgIpc) is 2.94. The van der Waals surface area contributed by atoms with Crippen LogP contribution in [0.15, 0.2) is 47.8 Å². The van der Waals surface area contributed by atoms with Crippen LogP contribution in [0.25, 0.3) is 11.3 Å². The van der Waals surface area contributed by atoms with E-state index in [1.807, 2.05) is 35.7 Å². The molecule has 0 fully saturated rings. The first-order valence-corrected chi connectivity index (χ1v) is 7.69. The van der Waals surface area contributed by atoms with E-state index in [1.54, 1.807) is 12.1 Å². The predicted octanol–water partition coefficient (Wildman–Crippen LogP) is 4.66. The number of benzene rings is 2. The van der Waals surface area contributed by atoms with Gasteiger partial charge in [0.05, 0.1) is 17.3 Å². The molecule has 0 aliphatic carbocycles. The van der Waals surface area contributed by atoms with E-state index < -0.39 is 0 Å². The van der Waals surface area contributed by atoms with Crippen LogP contribution in [0.4, 0.5) is 16.5 Å². The van der Waals surface area contributed by atoms with Gasteiger partial charge in [0, 0.05) is 27.3 Å². The van der Waals surface area contributed by atoms with Gasteiger partial charge in [0.1, 0.15) is 0 Å². The van der Waals surface area contributed by atoms with Gasteiger partial charge in [-0.25, -0.2) is 4.98 Å². The summed E-state index contributed by atoms with van der Waals surface area (Å²) in [4.78, 5) is 4.27. The van der Waals surface area contributed by atoms with Crippen molar-refractivity contribution in [1.29, 1.82) is 5.26 Å². The van der Waals surface area contributed by atoms with Crippen LogP contribution in [0, 0.1) is 11.3 Å². The molecule has 3 rings (SSSR count). The molecular weight excluding hydrogens is 316 g/mol. The van der Waals surface area contributed by atoms with Crippen LogP contribution in [-0.4, -0.2) is 4.98 Å². The predicted molar refractivity (Wildman–Crippen MR) is 91.4 cm³/mol. The molecule has 0 radical (unpaired) electrons. The quantitative estimate of drug-likeness (QED) is 0.734. The van der Waals surface area contributed by atoms with Crippen molar-refractivity contribution in [1.82, 2.24) is 4.98 Å². The maximum absolute atomic E-state index is 8.82. The third kappa shape index (κ3) is 3.19. The molecule has 0 aliphatic heterocycles. The van der Waals surface area contributed by atoms with Gasteiger partial charge >= 0.3 is 0 Å². The molecule has 0 aliphatic rings. The van der Waals surface area contributed by atoms with Crippen molar-refractivity contribution >= 4 is 39.4 Å². The fourth-order valence-corrected chi connectivity index (χ4v) is 2.83. The molecule has 0 amide bonds. The number of nitriles is 1. The van der Waals surface area contributed by atoms with Crippen molar-refractivity contribution in [2.24, 2.45) is 0 Å². The summed E-state index contributed by atoms with van der Waals surface area (Å²) >= 11 is 7.57. The second kappa shape index (κ2) is 6.06. The molecule has 22 heavy (non-hydrogen) atoms. The molecule has 2 aromatic carbocycles. The lowest BCUT2D eigenvalue weighted by Crippen LogP contribution is -1.91. The summed E-state index contributed by atoms with van der Waals surface area (Å²) in [5, 5.41) is 15.1. The highest BCUT2D eigenvalue weighted by atomic mass is 35.5. The van der Waals surface area contributed by atoms with Crippen LogP contribution >= 0.6 is 22.9 Å². The molecule has 108 valence electrons. The maximum Gasteiger partial charge on any atom is 0.180 e. The Hall–Kier alpha value is -2.55. The second-order valence-corrected chi connectivity index (χ2v) is 5.94. The molecule has 0 unspecified atom stereocenters. The molecule has 0 bridgehead atoms. The second-order valence-electron chi connectivity index (χ2n) is 4.61. The van der Waals surface area contributed by atoms with E-state index in [1.165, 1.54) is 11.3 Å². The van der Waals surface area contributed by atoms with Gasteiger partial charge in [-0.05, 0) is 42.5 Å². The molecule has 3 N–H and O–H groups in total. The normalized spacial score (nSPS) is 10.2. The summed E-state index contributed by atoms with van der Waals surface area (Å²) in [5.41, 5.74) is 9.72. The molecule has 1 heterocycles. The third-order valence-corrected chi connectivity index (χ3v) is 3.91. The minimum Gasteiger partial charge on any atom is -0.375 e. The smallest absolute Gasteiger partial charge is 0.180 e. The zero-order chi connectivity index (χ0) is 15.5. The number of nitrogens with two attached hydrogens (primary N) is 1. The highest BCUT2D eigenvalue weighted by Gasteiger charge is 2.06. The van der Waals surface area contributed by atoms with Gasteiger partial charge in [-0.15, -0.1) is 11.3 Å². The Morgan fingerprint density at radius 1 is 1.14 bits per heavy atom. The Bertz CT molecular complexity index is 849. The number of rotatable bonds is 3. The van der Waals surface area contributed by atoms with Crippen LogP contribution in [0.1, 0.15) is 5.56 Å². The molecule has 4 nitrogen and oxygen atoms in total. The largest absolute Gasteiger partial charge is 0.375 e. The standard InChI is InChI=1S/C16H11ClN4S/c17-12-5-11(15-9-22-16(19)21-15)6-14(7-12)20-13-3-1-10(8-18)2-4-13/h1-7,9,20H,(H2,19,21). The fourth-order valence-electron chi connectivity index (χ4n) is 2.02. The first-order valence-electron chi connectivity index (χ1n) is 6.43. The number of nitrogens with one attached hydrogen (secondary N) is 1. The maximum atomic E-state index is 8.82. The van der Waals surface area contributed by atoms with E-state index in [0.29, 0.717) is 15.7 Å². The number of hydrogen-bond acceptors (Lipinski definition) is 5. The van der Waals surface area contributed by atoms with E-state index in [-0.39, 0.29) is 0 Å². The summed E-state index contributed by atoms with van der Waals surface area (Å²) in [6, 6.07) is 14.9. The Labute approximate surface area is 136 Å². The van der Waals surface area contributed by atoms with Gasteiger partial charge in [0.15, 0.2) is 5.13 Å². The van der Waals surface area contributed by atoms with Gasteiger partial charge in [0.25, 0.3) is 0 Å². The molecular formula is C16H11ClN4S. The number of anilines is 3. The van der Waals surface area contributed by atoms with E-state index in [2.05, 4.69) is 16.4 Å². The van der Waals surface area contributed by atoms with Crippen molar-refractivity contribution in [3.05, 3.63) is 58.4 Å². The Kier molecular flexibility index (Phi) is 3.96. The van der Waals surface area contributed by atoms with Crippen LogP contribution < -0.4 is 11.1 Å². The van der Waals surface area contributed by atoms with Crippen molar-refractivity contribution in [3.8, 4) is 17.3 Å². The highest BCUT2D eigenvalue weighted by Crippen LogP contribution is 2.30. The van der Waals surface area contributed by atoms with Crippen LogP contribution in [0.5, 0.6) is 0 Å². The Balaban J connectivity index is 1.90. The van der Waals surface area contributed by atoms with Gasteiger partial charge in [-0.2, -0.15) is 5.26 Å². The SMILES string of the molecule is N#Cc1ccc(Nc2cc(Cl)cc(-c3csc(N)n3)c2)cc1. The minimum atomic E-state index is 0.525. The molecule has 6 heteroatoms. The van der Waals surface area contributed by atoms with Crippen molar-refractivity contribution < 1.29 is 0 Å². The lowest BCUT2D eigenvalue weighted by atomic mass is 10.1. The monoisotopic (exact) mass is 326 g/mol. The number of thiazole rings is 1. The average molecular weight is 327 g/mol. The zero-order valence-corrected chi connectivity index (χ0v) is 12.9. The Morgan fingerprint density at radius 2 is 1.91 bits per heavy atom. The van der Waals surface area contributed by atoms with Gasteiger partial charge in [-0.1, -0.05) is 11.6 Å². The minimum absolute atomic E-state index is 0.525. The first-order chi connectivity index (χ1) is 10.6. The van der Waals surface area contributed by atoms with Crippen LogP contribution in [0.3, 0.4) is 0 Å². The number of nitrogen functional groups attached to an aromatic ring is 1. The summed E-state index contributed by atoms with van der Waals surface area (Å²) in [6.07, 6.45) is 0. The Morgan fingerprint density at radius 3 is 2.55 bits per heavy atom. The summed E-state index contributed by atoms with van der Waals surface area (Å²) < 4.78 is 0. The molecule has 0 saturated heterocycles. The topological polar surface area (TPSA) is 74.7 Å². The van der Waals surface area contributed by atoms with E-state index >= 15 is 0 Å². The highest BCUT2D eigenvalue weighted by molar-refractivity contribution is 7.13. The summed E-state index contributed by atoms with van der Waals surface area (Å²) in [5.74, 6) is 0. The third-order valence-electron chi connectivity index (χ3n) is 3.02.